The molecule has 3 N–H and O–H groups in total. The van der Waals surface area contributed by atoms with Crippen LogP contribution in [-0.4, -0.2) is 15.1 Å². The largest absolute Gasteiger partial charge is 0.389 e. The second kappa shape index (κ2) is 5.36. The van der Waals surface area contributed by atoms with Crippen LogP contribution in [0.4, 0.5) is 5.82 Å². The number of aryl methyl sites for hydroxylation is 3. The topological polar surface area (TPSA) is 77.0 Å². The van der Waals surface area contributed by atoms with Crippen LogP contribution >= 0.6 is 12.2 Å². The normalized spacial score (nSPS) is 10.5. The molecular formula is C13H16N4OS. The molecule has 0 spiro atoms. The number of hydrogen-bond donors (Lipinski definition) is 2. The summed E-state index contributed by atoms with van der Waals surface area (Å²) in [5.41, 5.74) is 9.43. The molecule has 100 valence electrons. The van der Waals surface area contributed by atoms with E-state index in [2.05, 4.69) is 15.5 Å². The van der Waals surface area contributed by atoms with E-state index in [1.54, 1.807) is 6.20 Å². The van der Waals surface area contributed by atoms with Gasteiger partial charge in [-0.15, -0.1) is 0 Å². The summed E-state index contributed by atoms with van der Waals surface area (Å²) in [6, 6.07) is 1.88. The maximum atomic E-state index is 5.74. The summed E-state index contributed by atoms with van der Waals surface area (Å²) in [5.74, 6) is 1.49. The molecule has 19 heavy (non-hydrogen) atoms. The number of thiocarbonyl (C=S) groups is 1. The number of nitrogens with two attached hydrogens (primary N) is 1. The molecule has 0 fully saturated rings. The molecule has 0 saturated heterocycles. The first-order valence-corrected chi connectivity index (χ1v) is 6.32. The van der Waals surface area contributed by atoms with Crippen molar-refractivity contribution in [3.8, 4) is 0 Å². The van der Waals surface area contributed by atoms with Gasteiger partial charge in [-0.25, -0.2) is 4.98 Å². The van der Waals surface area contributed by atoms with Crippen LogP contribution < -0.4 is 11.1 Å². The summed E-state index contributed by atoms with van der Waals surface area (Å²) in [6.45, 7) is 6.32. The number of anilines is 1. The highest BCUT2D eigenvalue weighted by Gasteiger charge is 2.12. The lowest BCUT2D eigenvalue weighted by Crippen LogP contribution is -2.16. The van der Waals surface area contributed by atoms with Gasteiger partial charge in [0.2, 0.25) is 0 Å². The number of hydrogen-bond acceptors (Lipinski definition) is 5. The molecule has 2 heterocycles. The van der Waals surface area contributed by atoms with Gasteiger partial charge in [-0.2, -0.15) is 0 Å². The Morgan fingerprint density at radius 2 is 2.16 bits per heavy atom. The molecule has 0 aliphatic rings. The molecule has 2 aromatic rings. The van der Waals surface area contributed by atoms with Crippen LogP contribution in [0, 0.1) is 20.8 Å². The Balaban J connectivity index is 2.25. The first kappa shape index (κ1) is 13.5. The number of nitrogens with one attached hydrogen (secondary N) is 1. The van der Waals surface area contributed by atoms with Gasteiger partial charge in [-0.3, -0.25) is 0 Å². The summed E-state index contributed by atoms with van der Waals surface area (Å²) in [5, 5.41) is 7.16. The van der Waals surface area contributed by atoms with Crippen molar-refractivity contribution in [2.45, 2.75) is 27.3 Å². The second-order valence-electron chi connectivity index (χ2n) is 4.37. The summed E-state index contributed by atoms with van der Waals surface area (Å²) in [6.07, 6.45) is 1.73. The Kier molecular flexibility index (Phi) is 3.80. The fourth-order valence-electron chi connectivity index (χ4n) is 1.93. The van der Waals surface area contributed by atoms with Gasteiger partial charge in [0.05, 0.1) is 11.3 Å². The lowest BCUT2D eigenvalue weighted by atomic mass is 10.1. The predicted molar refractivity (Wildman–Crippen MR) is 78.2 cm³/mol. The van der Waals surface area contributed by atoms with Crippen molar-refractivity contribution in [1.82, 2.24) is 10.1 Å². The summed E-state index contributed by atoms with van der Waals surface area (Å²) in [4.78, 5) is 4.63. The van der Waals surface area contributed by atoms with Crippen molar-refractivity contribution in [2.75, 3.05) is 5.32 Å². The lowest BCUT2D eigenvalue weighted by Gasteiger charge is -2.12. The zero-order valence-corrected chi connectivity index (χ0v) is 12.0. The Morgan fingerprint density at radius 1 is 1.42 bits per heavy atom. The van der Waals surface area contributed by atoms with Gasteiger partial charge in [0.1, 0.15) is 16.6 Å². The van der Waals surface area contributed by atoms with E-state index in [9.17, 15) is 0 Å². The van der Waals surface area contributed by atoms with Crippen LogP contribution in [0.25, 0.3) is 0 Å². The fraction of sp³-hybridized carbons (Fsp3) is 0.308. The van der Waals surface area contributed by atoms with Crippen molar-refractivity contribution in [3.63, 3.8) is 0 Å². The molecule has 0 atom stereocenters. The molecule has 0 unspecified atom stereocenters. The Labute approximate surface area is 117 Å². The van der Waals surface area contributed by atoms with E-state index in [1.807, 2.05) is 26.8 Å². The minimum absolute atomic E-state index is 0.340. The molecule has 0 aliphatic carbocycles. The van der Waals surface area contributed by atoms with Gasteiger partial charge in [0, 0.05) is 18.3 Å². The van der Waals surface area contributed by atoms with Gasteiger partial charge in [-0.05, 0) is 32.4 Å². The first-order chi connectivity index (χ1) is 9.00. The molecular weight excluding hydrogens is 260 g/mol. The van der Waals surface area contributed by atoms with Crippen LogP contribution in [0.5, 0.6) is 0 Å². The third-order valence-corrected chi connectivity index (χ3v) is 3.22. The maximum absolute atomic E-state index is 5.74. The summed E-state index contributed by atoms with van der Waals surface area (Å²) < 4.78 is 5.12. The summed E-state index contributed by atoms with van der Waals surface area (Å²) in [7, 11) is 0. The average molecular weight is 276 g/mol. The maximum Gasteiger partial charge on any atom is 0.138 e. The average Bonchev–Trinajstić information content (AvgIpc) is 2.66. The Bertz CT molecular complexity index is 602. The number of aromatic nitrogens is 2. The second-order valence-corrected chi connectivity index (χ2v) is 4.81. The quantitative estimate of drug-likeness (QED) is 0.834. The van der Waals surface area contributed by atoms with Crippen LogP contribution in [0.2, 0.25) is 0 Å². The minimum atomic E-state index is 0.340. The van der Waals surface area contributed by atoms with E-state index < -0.39 is 0 Å². The monoisotopic (exact) mass is 276 g/mol. The van der Waals surface area contributed by atoms with E-state index in [1.165, 1.54) is 0 Å². The molecule has 6 heteroatoms. The number of rotatable bonds is 4. The smallest absolute Gasteiger partial charge is 0.138 e. The number of pyridine rings is 1. The van der Waals surface area contributed by atoms with Crippen molar-refractivity contribution >= 4 is 23.0 Å². The standard InChI is InChI=1S/C13H16N4OS/c1-7-4-5-15-13(11(7)12(14)19)16-6-10-8(2)17-18-9(10)3/h4-5H,6H2,1-3H3,(H2,14,19)(H,15,16). The van der Waals surface area contributed by atoms with Gasteiger partial charge < -0.3 is 15.6 Å². The molecule has 0 bridgehead atoms. The zero-order valence-electron chi connectivity index (χ0n) is 11.2. The highest BCUT2D eigenvalue weighted by molar-refractivity contribution is 7.80. The van der Waals surface area contributed by atoms with Crippen molar-refractivity contribution in [1.29, 1.82) is 0 Å². The van der Waals surface area contributed by atoms with Crippen molar-refractivity contribution in [2.24, 2.45) is 5.73 Å². The van der Waals surface area contributed by atoms with E-state index in [0.717, 1.165) is 28.1 Å². The van der Waals surface area contributed by atoms with Crippen LogP contribution in [-0.2, 0) is 6.54 Å². The highest BCUT2D eigenvalue weighted by atomic mass is 32.1. The summed E-state index contributed by atoms with van der Waals surface area (Å²) >= 11 is 5.07. The fourth-order valence-corrected chi connectivity index (χ4v) is 2.19. The van der Waals surface area contributed by atoms with Crippen molar-refractivity contribution in [3.05, 3.63) is 40.4 Å². The molecule has 2 rings (SSSR count). The van der Waals surface area contributed by atoms with E-state index in [-0.39, 0.29) is 0 Å². The molecule has 0 radical (unpaired) electrons. The van der Waals surface area contributed by atoms with Gasteiger partial charge in [-0.1, -0.05) is 17.4 Å². The van der Waals surface area contributed by atoms with Crippen LogP contribution in [0.1, 0.15) is 28.1 Å². The first-order valence-electron chi connectivity index (χ1n) is 5.91. The zero-order chi connectivity index (χ0) is 14.0. The van der Waals surface area contributed by atoms with Gasteiger partial charge >= 0.3 is 0 Å². The number of nitrogens with zero attached hydrogens (tertiary/aromatic N) is 2. The van der Waals surface area contributed by atoms with E-state index >= 15 is 0 Å². The molecule has 0 amide bonds. The Hall–Kier alpha value is -1.95. The van der Waals surface area contributed by atoms with Gasteiger partial charge in [0.25, 0.3) is 0 Å². The Morgan fingerprint density at radius 3 is 2.74 bits per heavy atom. The van der Waals surface area contributed by atoms with Crippen LogP contribution in [0.3, 0.4) is 0 Å². The predicted octanol–water partition coefficient (Wildman–Crippen LogP) is 2.24. The SMILES string of the molecule is Cc1ccnc(NCc2c(C)noc2C)c1C(N)=S. The molecule has 0 aromatic carbocycles. The third kappa shape index (κ3) is 2.73. The minimum Gasteiger partial charge on any atom is -0.389 e. The van der Waals surface area contributed by atoms with Crippen LogP contribution in [0.15, 0.2) is 16.8 Å². The van der Waals surface area contributed by atoms with Crippen molar-refractivity contribution < 1.29 is 4.52 Å². The lowest BCUT2D eigenvalue weighted by molar-refractivity contribution is 0.392. The molecule has 5 nitrogen and oxygen atoms in total. The van der Waals surface area contributed by atoms with Gasteiger partial charge in [0.15, 0.2) is 0 Å². The highest BCUT2D eigenvalue weighted by Crippen LogP contribution is 2.19. The van der Waals surface area contributed by atoms with E-state index in [4.69, 9.17) is 22.5 Å². The van der Waals surface area contributed by atoms with E-state index in [0.29, 0.717) is 17.4 Å². The molecule has 0 saturated carbocycles. The molecule has 0 aliphatic heterocycles. The third-order valence-electron chi connectivity index (χ3n) is 3.02. The molecule has 2 aromatic heterocycles.